The van der Waals surface area contributed by atoms with Gasteiger partial charge in [0.25, 0.3) is 0 Å². The predicted molar refractivity (Wildman–Crippen MR) is 126 cm³/mol. The molecule has 0 saturated heterocycles. The smallest absolute Gasteiger partial charge is 0.858 e. The van der Waals surface area contributed by atoms with E-state index in [-0.39, 0.29) is 29.6 Å². The summed E-state index contributed by atoms with van der Waals surface area (Å²) in [5.74, 6) is 0.258. The van der Waals surface area contributed by atoms with E-state index in [0.29, 0.717) is 24.4 Å². The van der Waals surface area contributed by atoms with Gasteiger partial charge in [-0.15, -0.1) is 18.4 Å². The largest absolute Gasteiger partial charge is 2.00 e. The molecule has 4 rings (SSSR count). The Morgan fingerprint density at radius 3 is 2.16 bits per heavy atom. The van der Waals surface area contributed by atoms with Crippen LogP contribution < -0.4 is 14.8 Å². The molecule has 168 valence electrons. The number of aromatic nitrogens is 3. The van der Waals surface area contributed by atoms with Gasteiger partial charge < -0.3 is 22.5 Å². The van der Waals surface area contributed by atoms with Crippen LogP contribution in [0.4, 0.5) is 0 Å². The van der Waals surface area contributed by atoms with E-state index >= 15 is 0 Å². The zero-order valence-electron chi connectivity index (χ0n) is 17.6. The SMILES string of the molecule is Cc1ncc(C[n+]2csc(CC[O-])c2C)c([O-])n1.S=P([S-])([C]1[CH][CH][CH][CH]1)[C]1[CH][CH][CH][CH]1.[Fe+2]. The van der Waals surface area contributed by atoms with Crippen LogP contribution in [0.2, 0.25) is 0 Å². The third-order valence-electron chi connectivity index (χ3n) is 4.74. The van der Waals surface area contributed by atoms with Crippen LogP contribution in [-0.4, -0.2) is 16.6 Å². The van der Waals surface area contributed by atoms with Gasteiger partial charge in [-0.25, -0.2) is 9.97 Å². The molecule has 0 aliphatic heterocycles. The van der Waals surface area contributed by atoms with Crippen molar-refractivity contribution in [1.82, 2.24) is 9.97 Å². The fourth-order valence-electron chi connectivity index (χ4n) is 2.98. The first-order chi connectivity index (χ1) is 14.8. The number of rotatable bonds is 6. The molecule has 0 bridgehead atoms. The molecule has 0 unspecified atom stereocenters. The molecule has 32 heavy (non-hydrogen) atoms. The summed E-state index contributed by atoms with van der Waals surface area (Å²) in [4.78, 5) is 8.93. The molecule has 10 heteroatoms. The van der Waals surface area contributed by atoms with Gasteiger partial charge in [-0.1, -0.05) is 11.3 Å². The molecule has 0 N–H and O–H groups in total. The van der Waals surface area contributed by atoms with Crippen molar-refractivity contribution in [1.29, 1.82) is 0 Å². The van der Waals surface area contributed by atoms with Gasteiger partial charge in [0, 0.05) is 24.6 Å². The molecular formula is C22H22FeN3O2PS3. The molecule has 0 spiro atoms. The maximum absolute atomic E-state index is 11.7. The van der Waals surface area contributed by atoms with Gasteiger partial charge in [-0.05, 0) is 76.0 Å². The molecule has 2 aromatic rings. The van der Waals surface area contributed by atoms with Crippen molar-refractivity contribution >= 4 is 40.6 Å². The molecule has 5 nitrogen and oxygen atoms in total. The number of aryl methyl sites for hydroxylation is 1. The van der Waals surface area contributed by atoms with E-state index in [1.165, 1.54) is 0 Å². The summed E-state index contributed by atoms with van der Waals surface area (Å²) in [6, 6.07) is 0. The fourth-order valence-corrected chi connectivity index (χ4v) is 6.84. The molecule has 0 aromatic carbocycles. The van der Waals surface area contributed by atoms with E-state index in [0.717, 1.165) is 21.9 Å². The van der Waals surface area contributed by atoms with Crippen LogP contribution in [0.15, 0.2) is 11.7 Å². The van der Waals surface area contributed by atoms with Gasteiger partial charge in [0.05, 0.1) is 4.88 Å². The second-order valence-corrected chi connectivity index (χ2v) is 14.0. The molecular weight excluding hydrogens is 521 g/mol. The Balaban J connectivity index is 0.000000230. The fraction of sp³-hybridized carbons (Fsp3) is 0.227. The maximum Gasteiger partial charge on any atom is 2.00 e. The first-order valence-corrected chi connectivity index (χ1v) is 14.3. The van der Waals surface area contributed by atoms with Crippen LogP contribution >= 0.6 is 16.6 Å². The summed E-state index contributed by atoms with van der Waals surface area (Å²) in [5.41, 5.74) is 5.79. The Hall–Kier alpha value is -0.0105. The van der Waals surface area contributed by atoms with Crippen LogP contribution in [0, 0.1) is 76.5 Å². The second-order valence-electron chi connectivity index (χ2n) is 6.90. The minimum atomic E-state index is -1.89. The molecule has 2 aliphatic rings. The maximum atomic E-state index is 11.7. The van der Waals surface area contributed by atoms with Gasteiger partial charge in [0.2, 0.25) is 5.51 Å². The van der Waals surface area contributed by atoms with Crippen LogP contribution in [0.3, 0.4) is 0 Å². The number of hydrogen-bond donors (Lipinski definition) is 0. The topological polar surface area (TPSA) is 75.8 Å². The van der Waals surface area contributed by atoms with E-state index in [1.807, 2.05) is 68.4 Å². The number of nitrogens with zero attached hydrogens (tertiary/aromatic N) is 3. The molecule has 2 heterocycles. The zero-order valence-corrected chi connectivity index (χ0v) is 22.0. The molecule has 0 atom stereocenters. The Bertz CT molecular complexity index is 896. The second kappa shape index (κ2) is 13.2. The van der Waals surface area contributed by atoms with Gasteiger partial charge >= 0.3 is 17.1 Å². The third-order valence-corrected chi connectivity index (χ3v) is 10.4. The standard InChI is InChI=1S/C12H15N3O2S.C10H9PS2.Fe/c1-8-11(3-4-16)18-7-15(8)6-10-5-13-9(2)14-12(10)17;12-11(13,9-5-1-2-6-9)10-7-3-4-8-10;/h5,7H,3-4,6H2,1-2H3,(H,13,14,17);1-8H,(H,12,13);/q;;+2/p-2. The van der Waals surface area contributed by atoms with Crippen LogP contribution in [-0.2, 0) is 54.1 Å². The van der Waals surface area contributed by atoms with Gasteiger partial charge in [0.1, 0.15) is 5.82 Å². The molecule has 2 saturated carbocycles. The Morgan fingerprint density at radius 2 is 1.66 bits per heavy atom. The number of thiazole rings is 1. The molecule has 10 radical (unpaired) electrons. The number of hydrogen-bond acceptors (Lipinski definition) is 7. The molecule has 0 amide bonds. The minimum absolute atomic E-state index is 0. The average molecular weight is 543 g/mol. The zero-order chi connectivity index (χ0) is 22.4. The van der Waals surface area contributed by atoms with Gasteiger partial charge in [0.15, 0.2) is 12.2 Å². The van der Waals surface area contributed by atoms with Gasteiger partial charge in [-0.2, -0.15) is 9.81 Å². The minimum Gasteiger partial charge on any atom is -0.858 e. The summed E-state index contributed by atoms with van der Waals surface area (Å²) in [5, 5.41) is 20.4. The van der Waals surface area contributed by atoms with E-state index in [4.69, 9.17) is 24.1 Å². The predicted octanol–water partition coefficient (Wildman–Crippen LogP) is 2.12. The van der Waals surface area contributed by atoms with Crippen molar-refractivity contribution in [2.24, 2.45) is 0 Å². The monoisotopic (exact) mass is 543 g/mol. The normalized spacial score (nSPS) is 17.1. The van der Waals surface area contributed by atoms with Crippen molar-refractivity contribution in [3.05, 3.63) is 96.4 Å². The van der Waals surface area contributed by atoms with Crippen molar-refractivity contribution in [2.75, 3.05) is 6.61 Å². The van der Waals surface area contributed by atoms with Crippen molar-refractivity contribution < 1.29 is 31.8 Å². The molecule has 2 fully saturated rings. The van der Waals surface area contributed by atoms with E-state index in [2.05, 4.69) is 9.97 Å². The van der Waals surface area contributed by atoms with E-state index in [9.17, 15) is 10.2 Å². The van der Waals surface area contributed by atoms with Crippen molar-refractivity contribution in [3.63, 3.8) is 0 Å². The van der Waals surface area contributed by atoms with E-state index in [1.54, 1.807) is 24.5 Å². The van der Waals surface area contributed by atoms with E-state index < -0.39 is 5.24 Å². The first-order valence-electron chi connectivity index (χ1n) is 9.62. The van der Waals surface area contributed by atoms with Gasteiger partial charge in [-0.3, -0.25) is 0 Å². The van der Waals surface area contributed by atoms with Crippen LogP contribution in [0.5, 0.6) is 5.88 Å². The van der Waals surface area contributed by atoms with Crippen LogP contribution in [0.1, 0.15) is 22.0 Å². The molecule has 2 aliphatic carbocycles. The van der Waals surface area contributed by atoms with Crippen LogP contribution in [0.25, 0.3) is 0 Å². The summed E-state index contributed by atoms with van der Waals surface area (Å²) in [6.45, 7) is 4.00. The summed E-state index contributed by atoms with van der Waals surface area (Å²) in [7, 11) is 0. The average Bonchev–Trinajstić information content (AvgIpc) is 3.50. The Morgan fingerprint density at radius 1 is 1.09 bits per heavy atom. The first kappa shape index (κ1) is 28.2. The quantitative estimate of drug-likeness (QED) is 0.241. The third kappa shape index (κ3) is 7.24. The van der Waals surface area contributed by atoms with Crippen molar-refractivity contribution in [2.45, 2.75) is 26.8 Å². The summed E-state index contributed by atoms with van der Waals surface area (Å²) >= 11 is 12.6. The Labute approximate surface area is 217 Å². The summed E-state index contributed by atoms with van der Waals surface area (Å²) in [6.07, 6.45) is 18.2. The summed E-state index contributed by atoms with van der Waals surface area (Å²) < 4.78 is 1.96. The van der Waals surface area contributed by atoms with Crippen molar-refractivity contribution in [3.8, 4) is 5.88 Å². The molecule has 2 aromatic heterocycles. The Kier molecular flexibility index (Phi) is 11.6.